The third kappa shape index (κ3) is 9.02. The number of anilines is 1. The summed E-state index contributed by atoms with van der Waals surface area (Å²) in [5, 5.41) is 8.31. The van der Waals surface area contributed by atoms with Crippen LogP contribution in [0.2, 0.25) is 0 Å². The van der Waals surface area contributed by atoms with Crippen LogP contribution >= 0.6 is 0 Å². The summed E-state index contributed by atoms with van der Waals surface area (Å²) in [7, 11) is 0. The molecule has 0 atom stereocenters. The summed E-state index contributed by atoms with van der Waals surface area (Å²) in [6, 6.07) is 7.12. The van der Waals surface area contributed by atoms with Gasteiger partial charge >= 0.3 is 12.1 Å². The minimum absolute atomic E-state index is 0.219. The number of carbonyl (C=O) groups is 2. The van der Waals surface area contributed by atoms with Crippen LogP contribution in [0.15, 0.2) is 24.3 Å². The first-order chi connectivity index (χ1) is 11.3. The summed E-state index contributed by atoms with van der Waals surface area (Å²) in [4.78, 5) is 23.5. The smallest absolute Gasteiger partial charge is 0.407 e. The molecule has 0 spiro atoms. The van der Waals surface area contributed by atoms with Crippen molar-refractivity contribution in [3.05, 3.63) is 29.8 Å². The molecule has 0 saturated carbocycles. The predicted molar refractivity (Wildman–Crippen MR) is 96.1 cm³/mol. The average Bonchev–Trinajstić information content (AvgIpc) is 2.48. The lowest BCUT2D eigenvalue weighted by atomic mass is 10.2. The maximum absolute atomic E-state index is 11.8. The van der Waals surface area contributed by atoms with Crippen LogP contribution in [0.25, 0.3) is 0 Å². The van der Waals surface area contributed by atoms with E-state index in [-0.39, 0.29) is 6.03 Å². The molecule has 0 aromatic heterocycles. The van der Waals surface area contributed by atoms with Gasteiger partial charge in [0.2, 0.25) is 0 Å². The van der Waals surface area contributed by atoms with E-state index in [2.05, 4.69) is 22.9 Å². The van der Waals surface area contributed by atoms with Gasteiger partial charge in [-0.3, -0.25) is 0 Å². The molecule has 0 aliphatic rings. The van der Waals surface area contributed by atoms with E-state index < -0.39 is 11.7 Å². The lowest BCUT2D eigenvalue weighted by Gasteiger charge is -2.19. The topological polar surface area (TPSA) is 79.5 Å². The van der Waals surface area contributed by atoms with Crippen molar-refractivity contribution in [3.63, 3.8) is 0 Å². The Morgan fingerprint density at radius 3 is 2.54 bits per heavy atom. The summed E-state index contributed by atoms with van der Waals surface area (Å²) < 4.78 is 5.19. The molecule has 1 aromatic rings. The molecule has 3 N–H and O–H groups in total. The molecule has 0 aliphatic heterocycles. The van der Waals surface area contributed by atoms with Gasteiger partial charge in [0.15, 0.2) is 0 Å². The van der Waals surface area contributed by atoms with E-state index in [1.807, 2.05) is 45.0 Å². The number of hydrogen-bond donors (Lipinski definition) is 3. The Hall–Kier alpha value is -2.24. The number of ether oxygens (including phenoxy) is 1. The summed E-state index contributed by atoms with van der Waals surface area (Å²) >= 11 is 0. The SMILES string of the molecule is CCCCCNC(=O)Nc1cccc(CNC(=O)OC(C)(C)C)c1. The summed E-state index contributed by atoms with van der Waals surface area (Å²) in [6.45, 7) is 8.57. The first-order valence-corrected chi connectivity index (χ1v) is 8.41. The third-order valence-electron chi connectivity index (χ3n) is 3.09. The molecule has 6 heteroatoms. The van der Waals surface area contributed by atoms with E-state index in [4.69, 9.17) is 4.74 Å². The van der Waals surface area contributed by atoms with E-state index >= 15 is 0 Å². The Morgan fingerprint density at radius 1 is 1.12 bits per heavy atom. The molecule has 0 bridgehead atoms. The molecule has 0 heterocycles. The number of unbranched alkanes of at least 4 members (excludes halogenated alkanes) is 2. The van der Waals surface area contributed by atoms with E-state index in [1.54, 1.807) is 0 Å². The summed E-state index contributed by atoms with van der Waals surface area (Å²) in [6.07, 6.45) is 2.74. The number of urea groups is 1. The Kier molecular flexibility index (Phi) is 8.09. The van der Waals surface area contributed by atoms with Crippen LogP contribution in [-0.2, 0) is 11.3 Å². The van der Waals surface area contributed by atoms with Gasteiger partial charge in [-0.1, -0.05) is 31.9 Å². The number of amides is 3. The molecule has 0 radical (unpaired) electrons. The van der Waals surface area contributed by atoms with Gasteiger partial charge in [0.25, 0.3) is 0 Å². The zero-order valence-corrected chi connectivity index (χ0v) is 15.1. The van der Waals surface area contributed by atoms with E-state index in [9.17, 15) is 9.59 Å². The Morgan fingerprint density at radius 2 is 1.88 bits per heavy atom. The number of benzene rings is 1. The minimum atomic E-state index is -0.524. The van der Waals surface area contributed by atoms with Crippen molar-refractivity contribution >= 4 is 17.8 Å². The Balaban J connectivity index is 2.43. The largest absolute Gasteiger partial charge is 0.444 e. The molecule has 24 heavy (non-hydrogen) atoms. The Bertz CT molecular complexity index is 539. The number of hydrogen-bond acceptors (Lipinski definition) is 3. The van der Waals surface area contributed by atoms with E-state index in [1.165, 1.54) is 0 Å². The molecule has 1 aromatic carbocycles. The summed E-state index contributed by atoms with van der Waals surface area (Å²) in [5.74, 6) is 0. The van der Waals surface area contributed by atoms with Crippen molar-refractivity contribution in [1.29, 1.82) is 0 Å². The fourth-order valence-electron chi connectivity index (χ4n) is 2.00. The van der Waals surface area contributed by atoms with Crippen LogP contribution < -0.4 is 16.0 Å². The van der Waals surface area contributed by atoms with Crippen LogP contribution in [-0.4, -0.2) is 24.3 Å². The van der Waals surface area contributed by atoms with Crippen LogP contribution in [0, 0.1) is 0 Å². The van der Waals surface area contributed by atoms with Crippen LogP contribution in [0.5, 0.6) is 0 Å². The monoisotopic (exact) mass is 335 g/mol. The summed E-state index contributed by atoms with van der Waals surface area (Å²) in [5.41, 5.74) is 1.04. The van der Waals surface area contributed by atoms with Gasteiger partial charge in [-0.15, -0.1) is 0 Å². The van der Waals surface area contributed by atoms with Crippen LogP contribution in [0.4, 0.5) is 15.3 Å². The number of alkyl carbamates (subject to hydrolysis) is 1. The zero-order valence-electron chi connectivity index (χ0n) is 15.1. The van der Waals surface area contributed by atoms with Gasteiger partial charge in [0.1, 0.15) is 5.60 Å². The van der Waals surface area contributed by atoms with E-state index in [0.29, 0.717) is 18.8 Å². The minimum Gasteiger partial charge on any atom is -0.444 e. The highest BCUT2D eigenvalue weighted by molar-refractivity contribution is 5.89. The van der Waals surface area contributed by atoms with Gasteiger partial charge in [-0.05, 0) is 44.9 Å². The van der Waals surface area contributed by atoms with Crippen molar-refractivity contribution in [2.75, 3.05) is 11.9 Å². The predicted octanol–water partition coefficient (Wildman–Crippen LogP) is 4.02. The van der Waals surface area contributed by atoms with Crippen molar-refractivity contribution in [2.24, 2.45) is 0 Å². The molecule has 6 nitrogen and oxygen atoms in total. The molecule has 0 saturated heterocycles. The molecular weight excluding hydrogens is 306 g/mol. The zero-order chi connectivity index (χ0) is 18.0. The maximum Gasteiger partial charge on any atom is 0.407 e. The fourth-order valence-corrected chi connectivity index (χ4v) is 2.00. The molecule has 0 unspecified atom stereocenters. The van der Waals surface area contributed by atoms with Crippen LogP contribution in [0.1, 0.15) is 52.5 Å². The Labute approximate surface area is 144 Å². The maximum atomic E-state index is 11.8. The number of rotatable bonds is 7. The third-order valence-corrected chi connectivity index (χ3v) is 3.09. The second kappa shape index (κ2) is 9.80. The lowest BCUT2D eigenvalue weighted by molar-refractivity contribution is 0.0523. The second-order valence-electron chi connectivity index (χ2n) is 6.64. The molecule has 3 amide bonds. The van der Waals surface area contributed by atoms with Gasteiger partial charge in [-0.2, -0.15) is 0 Å². The fraction of sp³-hybridized carbons (Fsp3) is 0.556. The van der Waals surface area contributed by atoms with Crippen molar-refractivity contribution in [3.8, 4) is 0 Å². The van der Waals surface area contributed by atoms with Crippen molar-refractivity contribution in [2.45, 2.75) is 59.1 Å². The van der Waals surface area contributed by atoms with Gasteiger partial charge in [0.05, 0.1) is 0 Å². The highest BCUT2D eigenvalue weighted by Crippen LogP contribution is 2.11. The van der Waals surface area contributed by atoms with Gasteiger partial charge in [-0.25, -0.2) is 9.59 Å². The van der Waals surface area contributed by atoms with Crippen molar-refractivity contribution < 1.29 is 14.3 Å². The quantitative estimate of drug-likeness (QED) is 0.658. The highest BCUT2D eigenvalue weighted by Gasteiger charge is 2.15. The normalized spacial score (nSPS) is 10.8. The van der Waals surface area contributed by atoms with Gasteiger partial charge in [0, 0.05) is 18.8 Å². The molecular formula is C18H29N3O3. The molecule has 0 aliphatic carbocycles. The molecule has 134 valence electrons. The molecule has 1 rings (SSSR count). The van der Waals surface area contributed by atoms with E-state index in [0.717, 1.165) is 24.8 Å². The molecule has 0 fully saturated rings. The first kappa shape index (κ1) is 19.8. The lowest BCUT2D eigenvalue weighted by Crippen LogP contribution is -2.32. The first-order valence-electron chi connectivity index (χ1n) is 8.41. The van der Waals surface area contributed by atoms with Crippen molar-refractivity contribution in [1.82, 2.24) is 10.6 Å². The highest BCUT2D eigenvalue weighted by atomic mass is 16.6. The van der Waals surface area contributed by atoms with Crippen LogP contribution in [0.3, 0.4) is 0 Å². The average molecular weight is 335 g/mol. The standard InChI is InChI=1S/C18H29N3O3/c1-5-6-7-11-19-16(22)21-15-10-8-9-14(12-15)13-20-17(23)24-18(2,3)4/h8-10,12H,5-7,11,13H2,1-4H3,(H,20,23)(H2,19,21,22). The van der Waals surface area contributed by atoms with Gasteiger partial charge < -0.3 is 20.7 Å². The second-order valence-corrected chi connectivity index (χ2v) is 6.64. The number of carbonyl (C=O) groups excluding carboxylic acids is 2. The number of nitrogens with one attached hydrogen (secondary N) is 3.